The van der Waals surface area contributed by atoms with Gasteiger partial charge in [0.05, 0.1) is 17.4 Å². The maximum atomic E-state index is 10.4. The zero-order valence-electron chi connectivity index (χ0n) is 13.0. The zero-order valence-corrected chi connectivity index (χ0v) is 13.0. The van der Waals surface area contributed by atoms with Gasteiger partial charge in [-0.3, -0.25) is 0 Å². The first-order chi connectivity index (χ1) is 11.1. The summed E-state index contributed by atoms with van der Waals surface area (Å²) >= 11 is 0. The number of aliphatic hydroxyl groups is 2. The maximum absolute atomic E-state index is 10.4. The lowest BCUT2D eigenvalue weighted by Crippen LogP contribution is -2.40. The molecule has 2 N–H and O–H groups in total. The third kappa shape index (κ3) is 4.31. The lowest BCUT2D eigenvalue weighted by atomic mass is 9.88. The number of ether oxygens (including phenoxy) is 2. The molecule has 6 nitrogen and oxygen atoms in total. The van der Waals surface area contributed by atoms with Crippen molar-refractivity contribution in [3.8, 4) is 11.4 Å². The van der Waals surface area contributed by atoms with E-state index in [9.17, 15) is 10.2 Å². The van der Waals surface area contributed by atoms with Gasteiger partial charge in [0.1, 0.15) is 12.4 Å². The van der Waals surface area contributed by atoms with E-state index in [1.165, 1.54) is 0 Å². The first-order valence-corrected chi connectivity index (χ1v) is 7.86. The molecule has 23 heavy (non-hydrogen) atoms. The van der Waals surface area contributed by atoms with Crippen LogP contribution in [0.3, 0.4) is 0 Å². The van der Waals surface area contributed by atoms with E-state index in [1.54, 1.807) is 10.9 Å². The molecule has 1 unspecified atom stereocenters. The summed E-state index contributed by atoms with van der Waals surface area (Å²) in [4.78, 5) is 0. The summed E-state index contributed by atoms with van der Waals surface area (Å²) in [6.07, 6.45) is 4.26. The molecule has 3 rings (SSSR count). The Bertz CT molecular complexity index is 609. The number of benzene rings is 1. The van der Waals surface area contributed by atoms with E-state index in [1.807, 2.05) is 36.5 Å². The van der Waals surface area contributed by atoms with Crippen LogP contribution in [0, 0.1) is 0 Å². The molecule has 1 aliphatic heterocycles. The van der Waals surface area contributed by atoms with Crippen molar-refractivity contribution in [2.45, 2.75) is 31.0 Å². The third-order valence-corrected chi connectivity index (χ3v) is 4.07. The number of aromatic nitrogens is 2. The van der Waals surface area contributed by atoms with Crippen LogP contribution in [0.15, 0.2) is 42.7 Å². The molecular formula is C17H22N2O4. The van der Waals surface area contributed by atoms with Gasteiger partial charge in [0.2, 0.25) is 0 Å². The normalized spacial score (nSPS) is 18.5. The molecule has 0 spiro atoms. The predicted molar refractivity (Wildman–Crippen MR) is 84.7 cm³/mol. The summed E-state index contributed by atoms with van der Waals surface area (Å²) in [7, 11) is 0. The van der Waals surface area contributed by atoms with Gasteiger partial charge in [-0.1, -0.05) is 6.07 Å². The molecule has 0 amide bonds. The van der Waals surface area contributed by atoms with Crippen LogP contribution in [0.2, 0.25) is 0 Å². The predicted octanol–water partition coefficient (Wildman–Crippen LogP) is 1.54. The van der Waals surface area contributed by atoms with Crippen LogP contribution in [0.25, 0.3) is 5.69 Å². The van der Waals surface area contributed by atoms with Crippen molar-refractivity contribution < 1.29 is 19.7 Å². The summed E-state index contributed by atoms with van der Waals surface area (Å²) in [6.45, 7) is 1.22. The molecule has 1 fully saturated rings. The second kappa shape index (κ2) is 7.12. The SMILES string of the molecule is OC(COc1cccc(-n2cccn2)c1)CC1(O)CCOCC1. The fourth-order valence-electron chi connectivity index (χ4n) is 2.78. The van der Waals surface area contributed by atoms with Crippen LogP contribution in [0.4, 0.5) is 0 Å². The molecule has 0 radical (unpaired) electrons. The smallest absolute Gasteiger partial charge is 0.121 e. The molecule has 0 bridgehead atoms. The van der Waals surface area contributed by atoms with E-state index in [-0.39, 0.29) is 6.61 Å². The Morgan fingerprint density at radius 1 is 1.30 bits per heavy atom. The van der Waals surface area contributed by atoms with Crippen LogP contribution < -0.4 is 4.74 Å². The van der Waals surface area contributed by atoms with Crippen LogP contribution in [-0.2, 0) is 4.74 Å². The molecule has 1 aromatic carbocycles. The average molecular weight is 318 g/mol. The van der Waals surface area contributed by atoms with E-state index in [0.29, 0.717) is 38.2 Å². The molecular weight excluding hydrogens is 296 g/mol. The van der Waals surface area contributed by atoms with Crippen LogP contribution in [-0.4, -0.2) is 51.5 Å². The second-order valence-electron chi connectivity index (χ2n) is 5.95. The number of nitrogens with zero attached hydrogens (tertiary/aromatic N) is 2. The van der Waals surface area contributed by atoms with Gasteiger partial charge in [0.25, 0.3) is 0 Å². The largest absolute Gasteiger partial charge is 0.491 e. The quantitative estimate of drug-likeness (QED) is 0.845. The van der Waals surface area contributed by atoms with Crippen molar-refractivity contribution in [2.24, 2.45) is 0 Å². The van der Waals surface area contributed by atoms with Gasteiger partial charge < -0.3 is 19.7 Å². The number of aliphatic hydroxyl groups excluding tert-OH is 1. The minimum Gasteiger partial charge on any atom is -0.491 e. The summed E-state index contributed by atoms with van der Waals surface area (Å²) in [5, 5.41) is 24.7. The first-order valence-electron chi connectivity index (χ1n) is 7.86. The summed E-state index contributed by atoms with van der Waals surface area (Å²) in [6, 6.07) is 9.36. The first kappa shape index (κ1) is 16.0. The summed E-state index contributed by atoms with van der Waals surface area (Å²) < 4.78 is 12.6. The molecule has 2 aromatic rings. The third-order valence-electron chi connectivity index (χ3n) is 4.07. The molecule has 124 valence electrons. The minimum atomic E-state index is -0.849. The molecule has 0 saturated carbocycles. The molecule has 1 aliphatic rings. The van der Waals surface area contributed by atoms with Crippen molar-refractivity contribution in [1.29, 1.82) is 0 Å². The van der Waals surface area contributed by atoms with Crippen LogP contribution in [0.1, 0.15) is 19.3 Å². The van der Waals surface area contributed by atoms with Crippen molar-refractivity contribution in [3.05, 3.63) is 42.7 Å². The zero-order chi connectivity index (χ0) is 16.1. The van der Waals surface area contributed by atoms with E-state index < -0.39 is 11.7 Å². The molecule has 0 aliphatic carbocycles. The van der Waals surface area contributed by atoms with Crippen molar-refractivity contribution in [3.63, 3.8) is 0 Å². The van der Waals surface area contributed by atoms with E-state index >= 15 is 0 Å². The fraction of sp³-hybridized carbons (Fsp3) is 0.471. The van der Waals surface area contributed by atoms with E-state index in [0.717, 1.165) is 5.69 Å². The minimum absolute atomic E-state index is 0.145. The van der Waals surface area contributed by atoms with Crippen LogP contribution >= 0.6 is 0 Å². The standard InChI is InChI=1S/C17H22N2O4/c20-15(12-17(21)5-9-22-10-6-17)13-23-16-4-1-3-14(11-16)19-8-2-7-18-19/h1-4,7-8,11,15,20-21H,5-6,9-10,12-13H2. The highest BCUT2D eigenvalue weighted by Crippen LogP contribution is 2.26. The monoisotopic (exact) mass is 318 g/mol. The van der Waals surface area contributed by atoms with Crippen molar-refractivity contribution >= 4 is 0 Å². The van der Waals surface area contributed by atoms with Gasteiger partial charge in [0, 0.05) is 38.1 Å². The molecule has 2 heterocycles. The Labute approximate surface area is 135 Å². The Hall–Kier alpha value is -1.89. The number of hydrogen-bond donors (Lipinski definition) is 2. The lowest BCUT2D eigenvalue weighted by Gasteiger charge is -2.33. The Balaban J connectivity index is 1.54. The average Bonchev–Trinajstić information content (AvgIpc) is 3.08. The van der Waals surface area contributed by atoms with Gasteiger partial charge in [-0.15, -0.1) is 0 Å². The Kier molecular flexibility index (Phi) is 4.95. The number of hydrogen-bond acceptors (Lipinski definition) is 5. The highest BCUT2D eigenvalue weighted by atomic mass is 16.5. The molecule has 6 heteroatoms. The lowest BCUT2D eigenvalue weighted by molar-refractivity contribution is -0.0906. The molecule has 1 aromatic heterocycles. The van der Waals surface area contributed by atoms with Crippen molar-refractivity contribution in [1.82, 2.24) is 9.78 Å². The van der Waals surface area contributed by atoms with E-state index in [2.05, 4.69) is 5.10 Å². The number of rotatable bonds is 6. The Morgan fingerprint density at radius 3 is 2.87 bits per heavy atom. The topological polar surface area (TPSA) is 76.7 Å². The fourth-order valence-corrected chi connectivity index (χ4v) is 2.78. The highest BCUT2D eigenvalue weighted by Gasteiger charge is 2.32. The highest BCUT2D eigenvalue weighted by molar-refractivity contribution is 5.38. The van der Waals surface area contributed by atoms with Gasteiger partial charge in [-0.25, -0.2) is 4.68 Å². The van der Waals surface area contributed by atoms with E-state index in [4.69, 9.17) is 9.47 Å². The second-order valence-corrected chi connectivity index (χ2v) is 5.95. The maximum Gasteiger partial charge on any atom is 0.121 e. The van der Waals surface area contributed by atoms with Gasteiger partial charge in [0.15, 0.2) is 0 Å². The van der Waals surface area contributed by atoms with Crippen LogP contribution in [0.5, 0.6) is 5.75 Å². The Morgan fingerprint density at radius 2 is 2.13 bits per heavy atom. The van der Waals surface area contributed by atoms with Gasteiger partial charge >= 0.3 is 0 Å². The molecule has 1 saturated heterocycles. The van der Waals surface area contributed by atoms with Gasteiger partial charge in [-0.2, -0.15) is 5.10 Å². The van der Waals surface area contributed by atoms with Gasteiger partial charge in [-0.05, 0) is 31.0 Å². The van der Waals surface area contributed by atoms with Crippen molar-refractivity contribution in [2.75, 3.05) is 19.8 Å². The summed E-state index contributed by atoms with van der Waals surface area (Å²) in [5.41, 5.74) is 0.0443. The summed E-state index contributed by atoms with van der Waals surface area (Å²) in [5.74, 6) is 0.663. The molecule has 1 atom stereocenters.